The van der Waals surface area contributed by atoms with E-state index in [0.717, 1.165) is 0 Å². The fourth-order valence-electron chi connectivity index (χ4n) is 1.65. The van der Waals surface area contributed by atoms with E-state index in [0.29, 0.717) is 11.5 Å². The third-order valence-corrected chi connectivity index (χ3v) is 4.55. The number of ether oxygens (including phenoxy) is 1. The lowest BCUT2D eigenvalue weighted by molar-refractivity contribution is 0.0505. The summed E-state index contributed by atoms with van der Waals surface area (Å²) in [5.74, 6) is 0.0229. The van der Waals surface area contributed by atoms with Crippen molar-refractivity contribution in [1.29, 1.82) is 0 Å². The van der Waals surface area contributed by atoms with Crippen LogP contribution in [0.15, 0.2) is 4.99 Å². The number of aliphatic imine (C=N–C) groups is 1. The van der Waals surface area contributed by atoms with Crippen LogP contribution in [0.3, 0.4) is 0 Å². The Morgan fingerprint density at radius 3 is 2.76 bits per heavy atom. The molecule has 1 amide bonds. The molecule has 0 aromatic carbocycles. The normalized spacial score (nSPS) is 27.4. The van der Waals surface area contributed by atoms with Crippen molar-refractivity contribution in [2.24, 2.45) is 10.9 Å². The van der Waals surface area contributed by atoms with Gasteiger partial charge in [0.25, 0.3) is 0 Å². The summed E-state index contributed by atoms with van der Waals surface area (Å²) in [6.45, 7) is 9.06. The lowest BCUT2D eigenvalue weighted by Gasteiger charge is -2.26. The Morgan fingerprint density at radius 2 is 2.33 bits per heavy atom. The van der Waals surface area contributed by atoms with Crippen molar-refractivity contribution in [3.05, 3.63) is 0 Å². The van der Waals surface area contributed by atoms with Crippen LogP contribution >= 0.6 is 23.4 Å². The lowest BCUT2D eigenvalue weighted by atomic mass is 10.00. The summed E-state index contributed by atoms with van der Waals surface area (Å²) in [5.41, 5.74) is -2.03. The molecule has 0 fully saturated rings. The van der Waals surface area contributed by atoms with Gasteiger partial charge >= 0.3 is 6.09 Å². The number of thioether (sulfide) groups is 1. The quantitative estimate of drug-likeness (QED) is 0.756. The number of nitrogens with one attached hydrogen (secondary N) is 1. The Balaban J connectivity index is 3.02. The van der Waals surface area contributed by atoms with Crippen molar-refractivity contribution in [2.75, 3.05) is 11.6 Å². The Kier molecular flexibility index (Phi) is 5.80. The van der Waals surface area contributed by atoms with Gasteiger partial charge in [0.05, 0.1) is 24.1 Å². The number of aliphatic hydroxyl groups is 1. The molecule has 122 valence electrons. The molecule has 0 saturated heterocycles. The molecule has 0 aliphatic carbocycles. The van der Waals surface area contributed by atoms with Crippen LogP contribution in [0.25, 0.3) is 0 Å². The zero-order valence-corrected chi connectivity index (χ0v) is 14.8. The molecule has 0 bridgehead atoms. The highest BCUT2D eigenvalue weighted by Crippen LogP contribution is 2.30. The van der Waals surface area contributed by atoms with Crippen molar-refractivity contribution in [1.82, 2.24) is 5.32 Å². The van der Waals surface area contributed by atoms with Gasteiger partial charge in [-0.2, -0.15) is 0 Å². The summed E-state index contributed by atoms with van der Waals surface area (Å²) in [6.07, 6.45) is -0.00883. The highest BCUT2D eigenvalue weighted by Gasteiger charge is 2.37. The first kappa shape index (κ1) is 16.9. The van der Waals surface area contributed by atoms with Gasteiger partial charge in [0, 0.05) is 0 Å². The molecule has 1 heterocycles. The topological polar surface area (TPSA) is 70.9 Å². The molecule has 0 radical (unpaired) electrons. The van der Waals surface area contributed by atoms with Gasteiger partial charge < -0.3 is 15.2 Å². The molecule has 0 saturated carbocycles. The largest absolute Gasteiger partial charge is 0.444 e. The SMILES string of the molecule is [2H][C@@](NC(=O)OC(C)(C)C)(C1=NC(O)(CCl)CS1)[C@@H](C)CC. The molecule has 0 spiro atoms. The fourth-order valence-corrected chi connectivity index (χ4v) is 3.09. The summed E-state index contributed by atoms with van der Waals surface area (Å²) in [7, 11) is 0. The fraction of sp³-hybridized carbons (Fsp3) is 0.857. The third kappa shape index (κ3) is 5.68. The number of nitrogens with zero attached hydrogens (tertiary/aromatic N) is 1. The monoisotopic (exact) mass is 337 g/mol. The Labute approximate surface area is 137 Å². The first-order chi connectivity index (χ1) is 9.96. The van der Waals surface area contributed by atoms with E-state index in [1.165, 1.54) is 11.8 Å². The molecule has 0 aromatic rings. The summed E-state index contributed by atoms with van der Waals surface area (Å²) < 4.78 is 13.9. The van der Waals surface area contributed by atoms with Gasteiger partial charge in [0.1, 0.15) is 5.60 Å². The number of carbonyl (C=O) groups is 1. The van der Waals surface area contributed by atoms with E-state index in [4.69, 9.17) is 17.7 Å². The molecule has 21 heavy (non-hydrogen) atoms. The molecular formula is C14H25ClN2O3S. The van der Waals surface area contributed by atoms with Crippen LogP contribution in [-0.4, -0.2) is 45.2 Å². The molecular weight excluding hydrogens is 312 g/mol. The highest BCUT2D eigenvalue weighted by molar-refractivity contribution is 8.14. The van der Waals surface area contributed by atoms with E-state index in [1.807, 2.05) is 13.8 Å². The molecule has 2 N–H and O–H groups in total. The average molecular weight is 338 g/mol. The summed E-state index contributed by atoms with van der Waals surface area (Å²) in [5, 5.41) is 13.1. The van der Waals surface area contributed by atoms with Crippen molar-refractivity contribution >= 4 is 34.5 Å². The smallest absolute Gasteiger partial charge is 0.408 e. The number of hydrogen-bond donors (Lipinski definition) is 2. The van der Waals surface area contributed by atoms with Gasteiger partial charge in [-0.3, -0.25) is 0 Å². The number of carbonyl (C=O) groups excluding carboxylic acids is 1. The maximum Gasteiger partial charge on any atom is 0.408 e. The number of alkyl carbamates (subject to hydrolysis) is 1. The first-order valence-electron chi connectivity index (χ1n) is 7.48. The van der Waals surface area contributed by atoms with E-state index >= 15 is 0 Å². The van der Waals surface area contributed by atoms with Gasteiger partial charge in [0.2, 0.25) is 0 Å². The Bertz CT molecular complexity index is 458. The van der Waals surface area contributed by atoms with Crippen LogP contribution in [0.4, 0.5) is 4.79 Å². The predicted molar refractivity (Wildman–Crippen MR) is 88.2 cm³/mol. The molecule has 1 aliphatic rings. The highest BCUT2D eigenvalue weighted by atomic mass is 35.5. The first-order valence-corrected chi connectivity index (χ1v) is 8.50. The number of alkyl halides is 1. The minimum absolute atomic E-state index is 0.0491. The zero-order valence-electron chi connectivity index (χ0n) is 14.2. The Morgan fingerprint density at radius 1 is 1.71 bits per heavy atom. The van der Waals surface area contributed by atoms with E-state index < -0.39 is 23.4 Å². The van der Waals surface area contributed by atoms with Crippen LogP contribution in [0, 0.1) is 5.92 Å². The molecule has 3 atom stereocenters. The van der Waals surface area contributed by atoms with E-state index in [2.05, 4.69) is 10.3 Å². The van der Waals surface area contributed by atoms with Gasteiger partial charge in [0.15, 0.2) is 5.72 Å². The maximum atomic E-state index is 12.1. The van der Waals surface area contributed by atoms with Crippen molar-refractivity contribution in [2.45, 2.75) is 58.4 Å². The third-order valence-electron chi connectivity index (χ3n) is 2.93. The van der Waals surface area contributed by atoms with E-state index in [-0.39, 0.29) is 17.6 Å². The van der Waals surface area contributed by atoms with Crippen molar-refractivity contribution in [3.8, 4) is 0 Å². The van der Waals surface area contributed by atoms with Crippen molar-refractivity contribution in [3.63, 3.8) is 0 Å². The molecule has 1 unspecified atom stereocenters. The van der Waals surface area contributed by atoms with Crippen LogP contribution in [0.5, 0.6) is 0 Å². The second kappa shape index (κ2) is 7.20. The van der Waals surface area contributed by atoms with E-state index in [1.54, 1.807) is 20.8 Å². The molecule has 0 aromatic heterocycles. The van der Waals surface area contributed by atoms with Crippen LogP contribution < -0.4 is 5.32 Å². The number of amides is 1. The second-order valence-corrected chi connectivity index (χ2v) is 7.40. The molecule has 5 nitrogen and oxygen atoms in total. The zero-order chi connectivity index (χ0) is 17.2. The van der Waals surface area contributed by atoms with Crippen LogP contribution in [0.2, 0.25) is 0 Å². The minimum atomic E-state index is -1.45. The number of hydrogen-bond acceptors (Lipinski definition) is 5. The summed E-state index contributed by atoms with van der Waals surface area (Å²) in [6, 6.07) is -1.45. The molecule has 1 rings (SSSR count). The predicted octanol–water partition coefficient (Wildman–Crippen LogP) is 3.00. The minimum Gasteiger partial charge on any atom is -0.444 e. The van der Waals surface area contributed by atoms with Gasteiger partial charge in [-0.25, -0.2) is 9.79 Å². The number of halogens is 1. The average Bonchev–Trinajstić information content (AvgIpc) is 2.79. The maximum absolute atomic E-state index is 12.1. The van der Waals surface area contributed by atoms with Crippen LogP contribution in [0.1, 0.15) is 42.4 Å². The molecule has 1 aliphatic heterocycles. The van der Waals surface area contributed by atoms with Gasteiger partial charge in [-0.1, -0.05) is 20.3 Å². The van der Waals surface area contributed by atoms with Crippen LogP contribution in [-0.2, 0) is 4.74 Å². The summed E-state index contributed by atoms with van der Waals surface area (Å²) in [4.78, 5) is 16.3. The van der Waals surface area contributed by atoms with E-state index in [9.17, 15) is 9.90 Å². The van der Waals surface area contributed by atoms with Gasteiger partial charge in [-0.15, -0.1) is 23.4 Å². The lowest BCUT2D eigenvalue weighted by Crippen LogP contribution is -2.46. The number of rotatable bonds is 5. The standard InChI is InChI=1S/C14H25ClN2O3S/c1-6-9(2)10(16-12(18)20-13(3,4)5)11-17-14(19,7-15)8-21-11/h9-10,19H,6-8H2,1-5H3,(H,16,18)/t9-,10-,14?/m0/s1/i10D. The van der Waals surface area contributed by atoms with Crippen molar-refractivity contribution < 1.29 is 16.0 Å². The Hall–Kier alpha value is -0.460. The molecule has 7 heteroatoms. The summed E-state index contributed by atoms with van der Waals surface area (Å²) >= 11 is 6.97. The second-order valence-electron chi connectivity index (χ2n) is 6.17. The van der Waals surface area contributed by atoms with Gasteiger partial charge in [-0.05, 0) is 26.7 Å².